The van der Waals surface area contributed by atoms with Crippen molar-refractivity contribution >= 4 is 32.6 Å². The van der Waals surface area contributed by atoms with E-state index in [0.29, 0.717) is 18.2 Å². The highest BCUT2D eigenvalue weighted by atomic mass is 79.9. The molecule has 0 atom stereocenters. The zero-order valence-corrected chi connectivity index (χ0v) is 10.4. The van der Waals surface area contributed by atoms with Gasteiger partial charge in [-0.05, 0) is 31.0 Å². The standard InChI is InChI=1S/C13H12BrNO/c14-11-2-1-3-12-10(11)6-7-15(12)8-13(16)9-4-5-9/h1-3,6-7,9H,4-5,8H2. The van der Waals surface area contributed by atoms with Crippen LogP contribution in [0.5, 0.6) is 0 Å². The molecule has 3 heteroatoms. The number of halogens is 1. The Morgan fingerprint density at radius 2 is 2.19 bits per heavy atom. The van der Waals surface area contributed by atoms with Crippen molar-refractivity contribution in [3.8, 4) is 0 Å². The fraction of sp³-hybridized carbons (Fsp3) is 0.308. The van der Waals surface area contributed by atoms with Crippen LogP contribution in [0, 0.1) is 5.92 Å². The Morgan fingerprint density at radius 1 is 1.38 bits per heavy atom. The number of hydrogen-bond acceptors (Lipinski definition) is 1. The van der Waals surface area contributed by atoms with E-state index in [-0.39, 0.29) is 0 Å². The minimum absolute atomic E-state index is 0.338. The number of carbonyl (C=O) groups is 1. The van der Waals surface area contributed by atoms with Crippen LogP contribution < -0.4 is 0 Å². The summed E-state index contributed by atoms with van der Waals surface area (Å²) in [4.78, 5) is 11.8. The van der Waals surface area contributed by atoms with Crippen molar-refractivity contribution in [1.82, 2.24) is 4.57 Å². The fourth-order valence-electron chi connectivity index (χ4n) is 2.03. The first-order valence-corrected chi connectivity index (χ1v) is 6.31. The molecule has 1 aliphatic rings. The Morgan fingerprint density at radius 3 is 2.94 bits per heavy atom. The Kier molecular flexibility index (Phi) is 2.36. The quantitative estimate of drug-likeness (QED) is 0.843. The molecule has 0 unspecified atom stereocenters. The number of benzene rings is 1. The number of hydrogen-bond donors (Lipinski definition) is 0. The van der Waals surface area contributed by atoms with Crippen LogP contribution in [0.1, 0.15) is 12.8 Å². The van der Waals surface area contributed by atoms with Crippen molar-refractivity contribution in [3.63, 3.8) is 0 Å². The highest BCUT2D eigenvalue weighted by Crippen LogP contribution is 2.31. The predicted octanol–water partition coefficient (Wildman–Crippen LogP) is 3.38. The van der Waals surface area contributed by atoms with Gasteiger partial charge in [0.25, 0.3) is 0 Å². The van der Waals surface area contributed by atoms with Gasteiger partial charge in [-0.1, -0.05) is 22.0 Å². The normalized spacial score (nSPS) is 15.6. The molecule has 0 radical (unpaired) electrons. The molecule has 16 heavy (non-hydrogen) atoms. The monoisotopic (exact) mass is 277 g/mol. The Hall–Kier alpha value is -1.09. The van der Waals surface area contributed by atoms with Crippen molar-refractivity contribution in [3.05, 3.63) is 34.9 Å². The molecular formula is C13H12BrNO. The second-order valence-electron chi connectivity index (χ2n) is 4.36. The zero-order chi connectivity index (χ0) is 11.1. The number of fused-ring (bicyclic) bond motifs is 1. The van der Waals surface area contributed by atoms with Gasteiger partial charge < -0.3 is 4.57 Å². The highest BCUT2D eigenvalue weighted by molar-refractivity contribution is 9.10. The van der Waals surface area contributed by atoms with E-state index < -0.39 is 0 Å². The van der Waals surface area contributed by atoms with Crippen molar-refractivity contribution < 1.29 is 4.79 Å². The molecule has 82 valence electrons. The van der Waals surface area contributed by atoms with E-state index in [0.717, 1.165) is 22.8 Å². The summed E-state index contributed by atoms with van der Waals surface area (Å²) in [5, 5.41) is 1.17. The molecular weight excluding hydrogens is 266 g/mol. The van der Waals surface area contributed by atoms with E-state index in [1.54, 1.807) is 0 Å². The van der Waals surface area contributed by atoms with Gasteiger partial charge >= 0.3 is 0 Å². The minimum atomic E-state index is 0.338. The summed E-state index contributed by atoms with van der Waals surface area (Å²) in [6.07, 6.45) is 4.17. The molecule has 1 saturated carbocycles. The molecule has 0 bridgehead atoms. The van der Waals surface area contributed by atoms with Crippen LogP contribution in [0.3, 0.4) is 0 Å². The maximum absolute atomic E-state index is 11.8. The van der Waals surface area contributed by atoms with Gasteiger partial charge in [-0.3, -0.25) is 4.79 Å². The lowest BCUT2D eigenvalue weighted by Gasteiger charge is -2.04. The van der Waals surface area contributed by atoms with Crippen molar-refractivity contribution in [1.29, 1.82) is 0 Å². The average Bonchev–Trinajstić information content (AvgIpc) is 3.04. The van der Waals surface area contributed by atoms with E-state index >= 15 is 0 Å². The molecule has 1 heterocycles. The molecule has 0 amide bonds. The number of aromatic nitrogens is 1. The summed E-state index contributed by atoms with van der Waals surface area (Å²) in [6, 6.07) is 8.14. The van der Waals surface area contributed by atoms with Gasteiger partial charge in [-0.15, -0.1) is 0 Å². The Labute approximate surface area is 102 Å². The smallest absolute Gasteiger partial charge is 0.155 e. The third-order valence-corrected chi connectivity index (χ3v) is 3.81. The van der Waals surface area contributed by atoms with E-state index in [2.05, 4.69) is 28.1 Å². The molecule has 1 aromatic heterocycles. The third kappa shape index (κ3) is 1.69. The Balaban J connectivity index is 1.97. The minimum Gasteiger partial charge on any atom is -0.340 e. The zero-order valence-electron chi connectivity index (χ0n) is 8.82. The number of nitrogens with zero attached hydrogens (tertiary/aromatic N) is 1. The first kappa shape index (κ1) is 10.1. The van der Waals surface area contributed by atoms with E-state index in [9.17, 15) is 4.79 Å². The predicted molar refractivity (Wildman–Crippen MR) is 67.4 cm³/mol. The summed E-state index contributed by atoms with van der Waals surface area (Å²) in [6.45, 7) is 0.518. The Bertz CT molecular complexity index is 554. The van der Waals surface area contributed by atoms with Gasteiger partial charge in [0.05, 0.1) is 6.54 Å². The van der Waals surface area contributed by atoms with Crippen molar-refractivity contribution in [2.75, 3.05) is 0 Å². The molecule has 2 aromatic rings. The summed E-state index contributed by atoms with van der Waals surface area (Å²) < 4.78 is 3.13. The van der Waals surface area contributed by atoms with Gasteiger partial charge in [-0.25, -0.2) is 0 Å². The first-order chi connectivity index (χ1) is 7.75. The second kappa shape index (κ2) is 3.74. The van der Waals surface area contributed by atoms with Gasteiger partial charge in [0.2, 0.25) is 0 Å². The highest BCUT2D eigenvalue weighted by Gasteiger charge is 2.29. The largest absolute Gasteiger partial charge is 0.340 e. The summed E-state index contributed by atoms with van der Waals surface area (Å²) in [5.74, 6) is 0.710. The number of Topliss-reactive ketones (excluding diaryl/α,β-unsaturated/α-hetero) is 1. The molecule has 0 N–H and O–H groups in total. The van der Waals surface area contributed by atoms with Crippen LogP contribution in [0.2, 0.25) is 0 Å². The van der Waals surface area contributed by atoms with Crippen molar-refractivity contribution in [2.24, 2.45) is 5.92 Å². The maximum atomic E-state index is 11.8. The lowest BCUT2D eigenvalue weighted by Crippen LogP contribution is -2.10. The molecule has 1 aliphatic carbocycles. The molecule has 1 fully saturated rings. The molecule has 2 nitrogen and oxygen atoms in total. The molecule has 0 aliphatic heterocycles. The van der Waals surface area contributed by atoms with Gasteiger partial charge in [0.1, 0.15) is 0 Å². The third-order valence-electron chi connectivity index (χ3n) is 3.12. The van der Waals surface area contributed by atoms with Gasteiger partial charge in [0, 0.05) is 27.5 Å². The van der Waals surface area contributed by atoms with Crippen LogP contribution in [0.4, 0.5) is 0 Å². The number of ketones is 1. The molecule has 0 spiro atoms. The first-order valence-electron chi connectivity index (χ1n) is 5.52. The molecule has 0 saturated heterocycles. The topological polar surface area (TPSA) is 22.0 Å². The van der Waals surface area contributed by atoms with E-state index in [1.807, 2.05) is 22.9 Å². The number of rotatable bonds is 3. The van der Waals surface area contributed by atoms with Crippen molar-refractivity contribution in [2.45, 2.75) is 19.4 Å². The van der Waals surface area contributed by atoms with E-state index in [1.165, 1.54) is 5.39 Å². The van der Waals surface area contributed by atoms with Crippen LogP contribution in [-0.4, -0.2) is 10.4 Å². The van der Waals surface area contributed by atoms with Crippen LogP contribution >= 0.6 is 15.9 Å². The van der Waals surface area contributed by atoms with Crippen LogP contribution in [-0.2, 0) is 11.3 Å². The van der Waals surface area contributed by atoms with Gasteiger partial charge in [0.15, 0.2) is 5.78 Å². The summed E-state index contributed by atoms with van der Waals surface area (Å²) in [5.41, 5.74) is 1.13. The maximum Gasteiger partial charge on any atom is 0.155 e. The summed E-state index contributed by atoms with van der Waals surface area (Å²) >= 11 is 3.52. The molecule has 1 aromatic carbocycles. The number of carbonyl (C=O) groups excluding carboxylic acids is 1. The SMILES string of the molecule is O=C(Cn1ccc2c(Br)cccc21)C1CC1. The van der Waals surface area contributed by atoms with Gasteiger partial charge in [-0.2, -0.15) is 0 Å². The van der Waals surface area contributed by atoms with Crippen LogP contribution in [0.15, 0.2) is 34.9 Å². The lowest BCUT2D eigenvalue weighted by molar-refractivity contribution is -0.120. The second-order valence-corrected chi connectivity index (χ2v) is 5.21. The average molecular weight is 278 g/mol. The van der Waals surface area contributed by atoms with E-state index in [4.69, 9.17) is 0 Å². The van der Waals surface area contributed by atoms with Crippen LogP contribution in [0.25, 0.3) is 10.9 Å². The fourth-order valence-corrected chi connectivity index (χ4v) is 2.51. The molecule has 3 rings (SSSR count). The lowest BCUT2D eigenvalue weighted by atomic mass is 10.2. The summed E-state index contributed by atoms with van der Waals surface area (Å²) in [7, 11) is 0.